The van der Waals surface area contributed by atoms with Gasteiger partial charge in [-0.25, -0.2) is 9.97 Å². The largest absolute Gasteiger partial charge is 0.278 e. The number of fused-ring (bicyclic) bond motifs is 13. The molecule has 7 aromatic carbocycles. The van der Waals surface area contributed by atoms with Gasteiger partial charge in [0, 0.05) is 22.9 Å². The van der Waals surface area contributed by atoms with E-state index in [1.54, 1.807) is 0 Å². The fourth-order valence-corrected chi connectivity index (χ4v) is 9.93. The van der Waals surface area contributed by atoms with E-state index in [1.807, 2.05) is 12.3 Å². The molecular weight excluding hydrogens is 723 g/mol. The molecule has 0 saturated carbocycles. The molecule has 0 radical (unpaired) electrons. The molecule has 5 aromatic heterocycles. The molecule has 7 heteroatoms. The molecule has 0 bridgehead atoms. The fraction of sp³-hybridized carbons (Fsp3) is 0.0577. The van der Waals surface area contributed by atoms with E-state index in [9.17, 15) is 0 Å². The maximum absolute atomic E-state index is 5.30. The Kier molecular flexibility index (Phi) is 6.38. The third-order valence-electron chi connectivity index (χ3n) is 12.6. The van der Waals surface area contributed by atoms with Gasteiger partial charge < -0.3 is 0 Å². The van der Waals surface area contributed by atoms with E-state index in [0.717, 1.165) is 83.9 Å². The number of para-hydroxylation sites is 4. The van der Waals surface area contributed by atoms with Gasteiger partial charge in [-0.1, -0.05) is 111 Å². The molecule has 12 aromatic rings. The van der Waals surface area contributed by atoms with Crippen molar-refractivity contribution in [2.45, 2.75) is 19.3 Å². The number of aromatic nitrogens is 7. The maximum Gasteiger partial charge on any atom is 0.220 e. The zero-order valence-electron chi connectivity index (χ0n) is 32.4. The Bertz CT molecular complexity index is 3690. The van der Waals surface area contributed by atoms with E-state index in [-0.39, 0.29) is 5.41 Å². The van der Waals surface area contributed by atoms with Crippen molar-refractivity contribution >= 4 is 55.7 Å². The summed E-state index contributed by atoms with van der Waals surface area (Å²) >= 11 is 0. The van der Waals surface area contributed by atoms with Crippen LogP contribution in [0.25, 0.3) is 100 Å². The SMILES string of the molecule is CC1(C)c2ncccc2-c2cccc(-n3c4ccc(-c5ccc6c(c5)n5c7ccccc7nc5n6-c5ccc(-c6ccccc6)cc5)cc4n4c5ccccc5nc34)c21. The summed E-state index contributed by atoms with van der Waals surface area (Å²) in [6.07, 6.45) is 1.91. The minimum atomic E-state index is -0.291. The topological polar surface area (TPSA) is 57.4 Å². The number of benzene rings is 7. The van der Waals surface area contributed by atoms with Crippen LogP contribution in [0.1, 0.15) is 25.1 Å². The van der Waals surface area contributed by atoms with Crippen LogP contribution in [0.2, 0.25) is 0 Å². The van der Waals surface area contributed by atoms with E-state index in [4.69, 9.17) is 15.0 Å². The number of rotatable bonds is 4. The number of nitrogens with zero attached hydrogens (tertiary/aromatic N) is 7. The van der Waals surface area contributed by atoms with Gasteiger partial charge in [-0.15, -0.1) is 0 Å². The minimum Gasteiger partial charge on any atom is -0.278 e. The smallest absolute Gasteiger partial charge is 0.220 e. The highest BCUT2D eigenvalue weighted by atomic mass is 15.2. The summed E-state index contributed by atoms with van der Waals surface area (Å²) in [7, 11) is 0. The number of hydrogen-bond donors (Lipinski definition) is 0. The lowest BCUT2D eigenvalue weighted by Gasteiger charge is -2.23. The Morgan fingerprint density at radius 2 is 0.983 bits per heavy atom. The van der Waals surface area contributed by atoms with Gasteiger partial charge in [-0.2, -0.15) is 0 Å². The zero-order valence-corrected chi connectivity index (χ0v) is 32.4. The highest BCUT2D eigenvalue weighted by Gasteiger charge is 2.39. The van der Waals surface area contributed by atoms with Gasteiger partial charge in [0.2, 0.25) is 11.6 Å². The summed E-state index contributed by atoms with van der Waals surface area (Å²) in [5.41, 5.74) is 19.9. The number of pyridine rings is 1. The van der Waals surface area contributed by atoms with Crippen molar-refractivity contribution in [2.24, 2.45) is 0 Å². The predicted molar refractivity (Wildman–Crippen MR) is 239 cm³/mol. The molecule has 0 atom stereocenters. The number of imidazole rings is 4. The lowest BCUT2D eigenvalue weighted by Crippen LogP contribution is -2.19. The second-order valence-corrected chi connectivity index (χ2v) is 16.2. The lowest BCUT2D eigenvalue weighted by atomic mass is 9.84. The van der Waals surface area contributed by atoms with Gasteiger partial charge in [-0.05, 0) is 106 Å². The summed E-state index contributed by atoms with van der Waals surface area (Å²) in [5.74, 6) is 1.78. The average Bonchev–Trinajstić information content (AvgIpc) is 4.06. The molecule has 1 aliphatic rings. The second-order valence-electron chi connectivity index (χ2n) is 16.2. The van der Waals surface area contributed by atoms with Crippen molar-refractivity contribution < 1.29 is 0 Å². The van der Waals surface area contributed by atoms with E-state index in [0.29, 0.717) is 0 Å². The first-order valence-corrected chi connectivity index (χ1v) is 20.1. The quantitative estimate of drug-likeness (QED) is 0.180. The van der Waals surface area contributed by atoms with Crippen molar-refractivity contribution in [2.75, 3.05) is 0 Å². The maximum atomic E-state index is 5.30. The zero-order chi connectivity index (χ0) is 39.0. The highest BCUT2D eigenvalue weighted by Crippen LogP contribution is 2.50. The van der Waals surface area contributed by atoms with Crippen LogP contribution in [-0.4, -0.2) is 32.9 Å². The molecule has 0 aliphatic heterocycles. The molecule has 5 heterocycles. The molecule has 278 valence electrons. The molecule has 0 unspecified atom stereocenters. The molecule has 0 spiro atoms. The summed E-state index contributed by atoms with van der Waals surface area (Å²) in [6, 6.07) is 60.8. The predicted octanol–water partition coefficient (Wildman–Crippen LogP) is 12.2. The van der Waals surface area contributed by atoms with Crippen LogP contribution >= 0.6 is 0 Å². The molecule has 0 fully saturated rings. The van der Waals surface area contributed by atoms with Gasteiger partial charge in [0.05, 0.1) is 55.5 Å². The summed E-state index contributed by atoms with van der Waals surface area (Å²) in [5, 5.41) is 0. The third kappa shape index (κ3) is 4.39. The summed E-state index contributed by atoms with van der Waals surface area (Å²) < 4.78 is 9.28. The summed E-state index contributed by atoms with van der Waals surface area (Å²) in [4.78, 5) is 15.4. The Labute approximate surface area is 338 Å². The molecule has 1 aliphatic carbocycles. The van der Waals surface area contributed by atoms with Gasteiger partial charge in [0.1, 0.15) is 0 Å². The second kappa shape index (κ2) is 11.6. The Balaban J connectivity index is 1.03. The molecule has 0 saturated heterocycles. The molecule has 0 N–H and O–H groups in total. The van der Waals surface area contributed by atoms with Gasteiger partial charge in [0.15, 0.2) is 0 Å². The molecule has 7 nitrogen and oxygen atoms in total. The Morgan fingerprint density at radius 3 is 1.66 bits per heavy atom. The van der Waals surface area contributed by atoms with Gasteiger partial charge in [-0.3, -0.25) is 22.9 Å². The standard InChI is InChI=1S/C52H35N7/c1-52(2)48-37(38-15-11-29-53-49(38)52)14-10-20-45(48)59-44-28-24-35(31-47(44)58-42-19-9-7-17-40(42)55-51(58)59)34-23-27-43-46(30-34)57-41-18-8-6-16-39(41)54-50(57)56(43)36-25-21-33(22-26-36)32-12-4-3-5-13-32/h3-31H,1-2H3. The lowest BCUT2D eigenvalue weighted by molar-refractivity contribution is 0.633. The van der Waals surface area contributed by atoms with Crippen LogP contribution in [0, 0.1) is 0 Å². The van der Waals surface area contributed by atoms with Crippen LogP contribution in [0.4, 0.5) is 0 Å². The van der Waals surface area contributed by atoms with E-state index >= 15 is 0 Å². The first kappa shape index (κ1) is 32.3. The van der Waals surface area contributed by atoms with Crippen LogP contribution < -0.4 is 0 Å². The monoisotopic (exact) mass is 757 g/mol. The fourth-order valence-electron chi connectivity index (χ4n) is 9.93. The Hall–Kier alpha value is -7.77. The molecule has 0 amide bonds. The van der Waals surface area contributed by atoms with Crippen molar-refractivity contribution in [3.8, 4) is 44.8 Å². The van der Waals surface area contributed by atoms with Crippen molar-refractivity contribution in [3.05, 3.63) is 187 Å². The average molecular weight is 758 g/mol. The highest BCUT2D eigenvalue weighted by molar-refractivity contribution is 5.98. The van der Waals surface area contributed by atoms with Crippen LogP contribution in [0.3, 0.4) is 0 Å². The van der Waals surface area contributed by atoms with Crippen molar-refractivity contribution in [1.29, 1.82) is 0 Å². The van der Waals surface area contributed by atoms with Crippen molar-refractivity contribution in [1.82, 2.24) is 32.9 Å². The normalized spacial score (nSPS) is 13.4. The van der Waals surface area contributed by atoms with Crippen LogP contribution in [0.15, 0.2) is 176 Å². The molecule has 59 heavy (non-hydrogen) atoms. The van der Waals surface area contributed by atoms with Crippen LogP contribution in [-0.2, 0) is 5.41 Å². The van der Waals surface area contributed by atoms with Crippen LogP contribution in [0.5, 0.6) is 0 Å². The van der Waals surface area contributed by atoms with E-state index in [1.165, 1.54) is 27.8 Å². The Morgan fingerprint density at radius 1 is 0.424 bits per heavy atom. The summed E-state index contributed by atoms with van der Waals surface area (Å²) in [6.45, 7) is 4.59. The molecule has 13 rings (SSSR count). The van der Waals surface area contributed by atoms with E-state index in [2.05, 4.69) is 196 Å². The molecular formula is C52H35N7. The first-order chi connectivity index (χ1) is 29.0. The first-order valence-electron chi connectivity index (χ1n) is 20.1. The minimum absolute atomic E-state index is 0.291. The van der Waals surface area contributed by atoms with Gasteiger partial charge in [0.25, 0.3) is 0 Å². The van der Waals surface area contributed by atoms with E-state index < -0.39 is 0 Å². The third-order valence-corrected chi connectivity index (χ3v) is 12.6. The van der Waals surface area contributed by atoms with Gasteiger partial charge >= 0.3 is 0 Å². The van der Waals surface area contributed by atoms with Crippen molar-refractivity contribution in [3.63, 3.8) is 0 Å². The number of hydrogen-bond acceptors (Lipinski definition) is 3.